The third-order valence-corrected chi connectivity index (χ3v) is 4.44. The van der Waals surface area contributed by atoms with Crippen molar-refractivity contribution in [2.24, 2.45) is 5.92 Å². The van der Waals surface area contributed by atoms with Crippen molar-refractivity contribution in [2.75, 3.05) is 13.2 Å². The molecule has 2 N–H and O–H groups in total. The summed E-state index contributed by atoms with van der Waals surface area (Å²) >= 11 is 0. The SMILES string of the molecule is CCc1[nH]nc(C(=O)NC2COCC2Cc2ccncc2)c1C. The van der Waals surface area contributed by atoms with E-state index in [4.69, 9.17) is 4.74 Å². The Morgan fingerprint density at radius 3 is 2.87 bits per heavy atom. The van der Waals surface area contributed by atoms with Gasteiger partial charge >= 0.3 is 0 Å². The van der Waals surface area contributed by atoms with Crippen LogP contribution in [0.15, 0.2) is 24.5 Å². The number of hydrogen-bond acceptors (Lipinski definition) is 4. The molecule has 0 radical (unpaired) electrons. The Labute approximate surface area is 135 Å². The fraction of sp³-hybridized carbons (Fsp3) is 0.471. The molecule has 1 fully saturated rings. The summed E-state index contributed by atoms with van der Waals surface area (Å²) in [5.74, 6) is 0.139. The van der Waals surface area contributed by atoms with Crippen LogP contribution in [0.3, 0.4) is 0 Å². The predicted octanol–water partition coefficient (Wildman–Crippen LogP) is 1.66. The number of carbonyl (C=O) groups is 1. The van der Waals surface area contributed by atoms with E-state index >= 15 is 0 Å². The van der Waals surface area contributed by atoms with Crippen LogP contribution < -0.4 is 5.32 Å². The van der Waals surface area contributed by atoms with E-state index in [1.54, 1.807) is 12.4 Å². The van der Waals surface area contributed by atoms with E-state index < -0.39 is 0 Å². The predicted molar refractivity (Wildman–Crippen MR) is 86.2 cm³/mol. The summed E-state index contributed by atoms with van der Waals surface area (Å²) in [7, 11) is 0. The summed E-state index contributed by atoms with van der Waals surface area (Å²) < 4.78 is 5.58. The summed E-state index contributed by atoms with van der Waals surface area (Å²) in [6, 6.07) is 4.02. The highest BCUT2D eigenvalue weighted by molar-refractivity contribution is 5.94. The summed E-state index contributed by atoms with van der Waals surface area (Å²) in [4.78, 5) is 16.5. The van der Waals surface area contributed by atoms with Gasteiger partial charge in [0.2, 0.25) is 0 Å². The molecular formula is C17H22N4O2. The molecule has 1 amide bonds. The first-order valence-corrected chi connectivity index (χ1v) is 8.00. The van der Waals surface area contributed by atoms with Crippen LogP contribution in [0.5, 0.6) is 0 Å². The Bertz CT molecular complexity index is 668. The molecule has 122 valence electrons. The van der Waals surface area contributed by atoms with Gasteiger partial charge in [-0.1, -0.05) is 6.92 Å². The molecule has 2 atom stereocenters. The largest absolute Gasteiger partial charge is 0.379 e. The number of nitrogens with one attached hydrogen (secondary N) is 2. The van der Waals surface area contributed by atoms with Gasteiger partial charge in [-0.2, -0.15) is 5.10 Å². The van der Waals surface area contributed by atoms with Crippen molar-refractivity contribution in [3.63, 3.8) is 0 Å². The van der Waals surface area contributed by atoms with Crippen LogP contribution in [0.1, 0.15) is 34.2 Å². The molecule has 1 aliphatic rings. The molecule has 1 saturated heterocycles. The average molecular weight is 314 g/mol. The number of aryl methyl sites for hydroxylation is 1. The second-order valence-corrected chi connectivity index (χ2v) is 5.97. The molecule has 2 unspecified atom stereocenters. The highest BCUT2D eigenvalue weighted by Crippen LogP contribution is 2.20. The minimum Gasteiger partial charge on any atom is -0.379 e. The molecule has 3 heterocycles. The highest BCUT2D eigenvalue weighted by atomic mass is 16.5. The molecule has 23 heavy (non-hydrogen) atoms. The first-order valence-electron chi connectivity index (χ1n) is 8.00. The fourth-order valence-corrected chi connectivity index (χ4v) is 3.02. The minimum absolute atomic E-state index is 0.0110. The Balaban J connectivity index is 1.66. The number of rotatable bonds is 5. The number of amides is 1. The lowest BCUT2D eigenvalue weighted by Crippen LogP contribution is -2.41. The number of H-pyrrole nitrogens is 1. The van der Waals surface area contributed by atoms with Gasteiger partial charge in [0.1, 0.15) is 0 Å². The van der Waals surface area contributed by atoms with Crippen molar-refractivity contribution in [3.05, 3.63) is 47.0 Å². The van der Waals surface area contributed by atoms with E-state index in [1.807, 2.05) is 26.0 Å². The molecule has 3 rings (SSSR count). The van der Waals surface area contributed by atoms with Crippen molar-refractivity contribution < 1.29 is 9.53 Å². The molecule has 0 saturated carbocycles. The van der Waals surface area contributed by atoms with Gasteiger partial charge in [-0.25, -0.2) is 0 Å². The monoisotopic (exact) mass is 314 g/mol. The van der Waals surface area contributed by atoms with Crippen molar-refractivity contribution in [1.29, 1.82) is 0 Å². The molecule has 2 aromatic rings. The van der Waals surface area contributed by atoms with Gasteiger partial charge < -0.3 is 10.1 Å². The summed E-state index contributed by atoms with van der Waals surface area (Å²) in [5, 5.41) is 10.2. The fourth-order valence-electron chi connectivity index (χ4n) is 3.02. The Morgan fingerprint density at radius 2 is 2.17 bits per heavy atom. The summed E-state index contributed by atoms with van der Waals surface area (Å²) in [5.41, 5.74) is 3.62. The first-order chi connectivity index (χ1) is 11.2. The van der Waals surface area contributed by atoms with Gasteiger partial charge in [-0.15, -0.1) is 0 Å². The number of ether oxygens (including phenoxy) is 1. The number of hydrogen-bond donors (Lipinski definition) is 2. The molecule has 6 heteroatoms. The van der Waals surface area contributed by atoms with E-state index in [9.17, 15) is 4.79 Å². The van der Waals surface area contributed by atoms with Gasteiger partial charge in [-0.3, -0.25) is 14.9 Å². The minimum atomic E-state index is -0.131. The molecule has 0 aliphatic carbocycles. The van der Waals surface area contributed by atoms with E-state index in [0.717, 1.165) is 24.1 Å². The quantitative estimate of drug-likeness (QED) is 0.879. The normalized spacial score (nSPS) is 20.6. The zero-order chi connectivity index (χ0) is 16.2. The topological polar surface area (TPSA) is 79.9 Å². The standard InChI is InChI=1S/C17H22N4O2/c1-3-14-11(2)16(21-20-14)17(22)19-15-10-23-9-13(15)8-12-4-6-18-7-5-12/h4-7,13,15H,3,8-10H2,1-2H3,(H,19,22)(H,20,21). The molecule has 0 aromatic carbocycles. The first kappa shape index (κ1) is 15.7. The number of pyridine rings is 1. The third-order valence-electron chi connectivity index (χ3n) is 4.44. The number of carbonyl (C=O) groups excluding carboxylic acids is 1. The van der Waals surface area contributed by atoms with Gasteiger partial charge in [0.25, 0.3) is 5.91 Å². The number of aromatic nitrogens is 3. The summed E-state index contributed by atoms with van der Waals surface area (Å²) in [6.07, 6.45) is 5.28. The maximum Gasteiger partial charge on any atom is 0.272 e. The van der Waals surface area contributed by atoms with Crippen LogP contribution in [0, 0.1) is 12.8 Å². The van der Waals surface area contributed by atoms with Gasteiger partial charge in [0.05, 0.1) is 19.3 Å². The molecule has 6 nitrogen and oxygen atoms in total. The van der Waals surface area contributed by atoms with Gasteiger partial charge in [0, 0.05) is 29.6 Å². The molecular weight excluding hydrogens is 292 g/mol. The lowest BCUT2D eigenvalue weighted by molar-refractivity contribution is 0.0919. The third kappa shape index (κ3) is 3.42. The van der Waals surface area contributed by atoms with Crippen molar-refractivity contribution in [3.8, 4) is 0 Å². The Kier molecular flexibility index (Phi) is 4.71. The van der Waals surface area contributed by atoms with E-state index in [2.05, 4.69) is 20.5 Å². The van der Waals surface area contributed by atoms with Crippen LogP contribution in [0.25, 0.3) is 0 Å². The van der Waals surface area contributed by atoms with Crippen LogP contribution in [-0.2, 0) is 17.6 Å². The maximum absolute atomic E-state index is 12.5. The Hall–Kier alpha value is -2.21. The lowest BCUT2D eigenvalue weighted by atomic mass is 9.95. The van der Waals surface area contributed by atoms with E-state index in [0.29, 0.717) is 18.9 Å². The van der Waals surface area contributed by atoms with Crippen LogP contribution in [0.2, 0.25) is 0 Å². The second kappa shape index (κ2) is 6.91. The zero-order valence-corrected chi connectivity index (χ0v) is 13.5. The average Bonchev–Trinajstić information content (AvgIpc) is 3.15. The van der Waals surface area contributed by atoms with Crippen molar-refractivity contribution in [2.45, 2.75) is 32.7 Å². The van der Waals surface area contributed by atoms with Gasteiger partial charge in [-0.05, 0) is 37.5 Å². The maximum atomic E-state index is 12.5. The molecule has 0 bridgehead atoms. The number of aromatic amines is 1. The highest BCUT2D eigenvalue weighted by Gasteiger charge is 2.30. The summed E-state index contributed by atoms with van der Waals surface area (Å²) in [6.45, 7) is 5.17. The van der Waals surface area contributed by atoms with Crippen LogP contribution >= 0.6 is 0 Å². The second-order valence-electron chi connectivity index (χ2n) is 5.97. The zero-order valence-electron chi connectivity index (χ0n) is 13.5. The van der Waals surface area contributed by atoms with Gasteiger partial charge in [0.15, 0.2) is 5.69 Å². The van der Waals surface area contributed by atoms with Crippen molar-refractivity contribution in [1.82, 2.24) is 20.5 Å². The van der Waals surface area contributed by atoms with Crippen LogP contribution in [-0.4, -0.2) is 40.3 Å². The van der Waals surface area contributed by atoms with E-state index in [-0.39, 0.29) is 17.9 Å². The Morgan fingerprint density at radius 1 is 1.39 bits per heavy atom. The smallest absolute Gasteiger partial charge is 0.272 e. The molecule has 2 aromatic heterocycles. The molecule has 1 aliphatic heterocycles. The lowest BCUT2D eigenvalue weighted by Gasteiger charge is -2.18. The molecule has 0 spiro atoms. The number of nitrogens with zero attached hydrogens (tertiary/aromatic N) is 2. The van der Waals surface area contributed by atoms with E-state index in [1.165, 1.54) is 5.56 Å². The van der Waals surface area contributed by atoms with Crippen molar-refractivity contribution >= 4 is 5.91 Å². The van der Waals surface area contributed by atoms with Crippen LogP contribution in [0.4, 0.5) is 0 Å².